The maximum atomic E-state index is 12.1. The summed E-state index contributed by atoms with van der Waals surface area (Å²) in [6.07, 6.45) is -0.640. The molecule has 2 N–H and O–H groups in total. The number of hydrogen-bond acceptors (Lipinski definition) is 4. The fraction of sp³-hybridized carbons (Fsp3) is 0.429. The number of benzene rings is 1. The lowest BCUT2D eigenvalue weighted by molar-refractivity contribution is -0.147. The Labute approximate surface area is 121 Å². The van der Waals surface area contributed by atoms with E-state index in [0.717, 1.165) is 10.5 Å². The Morgan fingerprint density at radius 2 is 2.10 bits per heavy atom. The summed E-state index contributed by atoms with van der Waals surface area (Å²) in [4.78, 5) is 25.5. The van der Waals surface area contributed by atoms with Crippen molar-refractivity contribution in [3.8, 4) is 0 Å². The van der Waals surface area contributed by atoms with Crippen LogP contribution in [0.1, 0.15) is 12.0 Å². The highest BCUT2D eigenvalue weighted by Gasteiger charge is 2.38. The fourth-order valence-electron chi connectivity index (χ4n) is 2.26. The number of aliphatic hydroxyl groups excluding tert-OH is 1. The van der Waals surface area contributed by atoms with E-state index in [-0.39, 0.29) is 24.6 Å². The molecule has 1 saturated heterocycles. The van der Waals surface area contributed by atoms with Crippen LogP contribution >= 0.6 is 11.8 Å². The van der Waals surface area contributed by atoms with Crippen LogP contribution in [-0.4, -0.2) is 51.4 Å². The van der Waals surface area contributed by atoms with Gasteiger partial charge in [0, 0.05) is 17.9 Å². The van der Waals surface area contributed by atoms with E-state index < -0.39 is 18.1 Å². The van der Waals surface area contributed by atoms with Gasteiger partial charge in [-0.05, 0) is 18.6 Å². The molecule has 0 saturated carbocycles. The number of thioether (sulfide) groups is 1. The quantitative estimate of drug-likeness (QED) is 0.814. The van der Waals surface area contributed by atoms with Gasteiger partial charge in [-0.1, -0.05) is 18.2 Å². The molecule has 5 nitrogen and oxygen atoms in total. The van der Waals surface area contributed by atoms with Gasteiger partial charge in [0.1, 0.15) is 6.04 Å². The summed E-state index contributed by atoms with van der Waals surface area (Å²) in [7, 11) is 0. The number of amides is 1. The van der Waals surface area contributed by atoms with E-state index in [4.69, 9.17) is 5.11 Å². The van der Waals surface area contributed by atoms with Crippen molar-refractivity contribution in [2.75, 3.05) is 12.3 Å². The third-order valence-electron chi connectivity index (χ3n) is 3.33. The molecule has 0 unspecified atom stereocenters. The summed E-state index contributed by atoms with van der Waals surface area (Å²) in [6.45, 7) is 2.07. The van der Waals surface area contributed by atoms with Crippen molar-refractivity contribution in [3.05, 3.63) is 29.8 Å². The van der Waals surface area contributed by atoms with E-state index in [1.54, 1.807) is 0 Å². The molecule has 1 amide bonds. The predicted octanol–water partition coefficient (Wildman–Crippen LogP) is 1.13. The summed E-state index contributed by atoms with van der Waals surface area (Å²) in [5.41, 5.74) is 1.08. The number of nitrogens with zero attached hydrogens (tertiary/aromatic N) is 1. The maximum Gasteiger partial charge on any atom is 0.326 e. The van der Waals surface area contributed by atoms with Crippen molar-refractivity contribution >= 4 is 23.6 Å². The number of β-amino-alcohol motifs (C(OH)–C–C–N with tert-alkyl or cyclic N) is 1. The maximum absolute atomic E-state index is 12.1. The molecule has 2 rings (SSSR count). The van der Waals surface area contributed by atoms with E-state index in [1.165, 1.54) is 16.7 Å². The van der Waals surface area contributed by atoms with Gasteiger partial charge in [0.15, 0.2) is 0 Å². The predicted molar refractivity (Wildman–Crippen MR) is 75.7 cm³/mol. The van der Waals surface area contributed by atoms with E-state index in [9.17, 15) is 14.7 Å². The number of aryl methyl sites for hydroxylation is 1. The lowest BCUT2D eigenvalue weighted by Crippen LogP contribution is -2.41. The summed E-state index contributed by atoms with van der Waals surface area (Å²) in [5.74, 6) is -1.13. The minimum absolute atomic E-state index is 0.101. The van der Waals surface area contributed by atoms with E-state index in [1.807, 2.05) is 31.2 Å². The van der Waals surface area contributed by atoms with E-state index in [2.05, 4.69) is 0 Å². The van der Waals surface area contributed by atoms with Crippen LogP contribution in [-0.2, 0) is 9.59 Å². The number of rotatable bonds is 4. The molecule has 0 bridgehead atoms. The molecule has 108 valence electrons. The van der Waals surface area contributed by atoms with Gasteiger partial charge >= 0.3 is 5.97 Å². The molecule has 1 heterocycles. The highest BCUT2D eigenvalue weighted by molar-refractivity contribution is 8.00. The Morgan fingerprint density at radius 1 is 1.40 bits per heavy atom. The molecule has 2 atom stereocenters. The number of likely N-dealkylation sites (tertiary alicyclic amines) is 1. The van der Waals surface area contributed by atoms with E-state index in [0.29, 0.717) is 0 Å². The standard InChI is InChI=1S/C14H17NO4S/c1-9-4-2-3-5-12(9)20-8-13(17)15-7-10(16)6-11(15)14(18)19/h2-5,10-11,16H,6-8H2,1H3,(H,18,19)/t10-,11-/m0/s1. The molecule has 0 spiro atoms. The third-order valence-corrected chi connectivity index (χ3v) is 4.49. The van der Waals surface area contributed by atoms with Crippen molar-refractivity contribution < 1.29 is 19.8 Å². The second kappa shape index (κ2) is 6.28. The summed E-state index contributed by atoms with van der Waals surface area (Å²) in [6, 6.07) is 6.82. The smallest absolute Gasteiger partial charge is 0.326 e. The van der Waals surface area contributed by atoms with Gasteiger partial charge in [-0.2, -0.15) is 0 Å². The Morgan fingerprint density at radius 3 is 2.75 bits per heavy atom. The first-order valence-corrected chi connectivity index (χ1v) is 7.36. The van der Waals surface area contributed by atoms with Crippen LogP contribution in [0.4, 0.5) is 0 Å². The summed E-state index contributed by atoms with van der Waals surface area (Å²) < 4.78 is 0. The average Bonchev–Trinajstić information content (AvgIpc) is 2.80. The molecular formula is C14H17NO4S. The normalized spacial score (nSPS) is 22.0. The van der Waals surface area contributed by atoms with Crippen LogP contribution in [0, 0.1) is 6.92 Å². The minimum atomic E-state index is -1.06. The summed E-state index contributed by atoms with van der Waals surface area (Å²) in [5, 5.41) is 18.6. The number of carboxylic acid groups (broad SMARTS) is 1. The fourth-order valence-corrected chi connectivity index (χ4v) is 3.18. The van der Waals surface area contributed by atoms with Crippen molar-refractivity contribution in [1.29, 1.82) is 0 Å². The summed E-state index contributed by atoms with van der Waals surface area (Å²) >= 11 is 1.39. The Kier molecular flexibility index (Phi) is 4.67. The number of aliphatic carboxylic acids is 1. The van der Waals surface area contributed by atoms with Crippen molar-refractivity contribution in [3.63, 3.8) is 0 Å². The molecule has 1 fully saturated rings. The van der Waals surface area contributed by atoms with Crippen LogP contribution in [0.15, 0.2) is 29.2 Å². The highest BCUT2D eigenvalue weighted by Crippen LogP contribution is 2.24. The monoisotopic (exact) mass is 295 g/mol. The number of carbonyl (C=O) groups is 2. The number of carboxylic acids is 1. The molecule has 20 heavy (non-hydrogen) atoms. The van der Waals surface area contributed by atoms with Crippen molar-refractivity contribution in [1.82, 2.24) is 4.90 Å². The van der Waals surface area contributed by atoms with Gasteiger partial charge in [-0.15, -0.1) is 11.8 Å². The molecular weight excluding hydrogens is 278 g/mol. The number of aliphatic hydroxyl groups is 1. The first-order valence-electron chi connectivity index (χ1n) is 6.38. The minimum Gasteiger partial charge on any atom is -0.480 e. The number of carbonyl (C=O) groups excluding carboxylic acids is 1. The molecule has 0 aliphatic carbocycles. The Bertz CT molecular complexity index is 520. The average molecular weight is 295 g/mol. The SMILES string of the molecule is Cc1ccccc1SCC(=O)N1C[C@@H](O)C[C@H]1C(=O)O. The zero-order valence-electron chi connectivity index (χ0n) is 11.2. The topological polar surface area (TPSA) is 77.8 Å². The molecule has 1 aliphatic heterocycles. The van der Waals surface area contributed by atoms with Crippen LogP contribution in [0.25, 0.3) is 0 Å². The molecule has 1 aromatic rings. The molecule has 1 aliphatic rings. The van der Waals surface area contributed by atoms with Gasteiger partial charge in [0.25, 0.3) is 0 Å². The second-order valence-corrected chi connectivity index (χ2v) is 5.86. The van der Waals surface area contributed by atoms with Crippen LogP contribution in [0.2, 0.25) is 0 Å². The van der Waals surface area contributed by atoms with Gasteiger partial charge in [-0.25, -0.2) is 4.79 Å². The van der Waals surface area contributed by atoms with Gasteiger partial charge in [0.05, 0.1) is 11.9 Å². The highest BCUT2D eigenvalue weighted by atomic mass is 32.2. The largest absolute Gasteiger partial charge is 0.480 e. The van der Waals surface area contributed by atoms with Crippen molar-refractivity contribution in [2.45, 2.75) is 30.4 Å². The van der Waals surface area contributed by atoms with Gasteiger partial charge in [-0.3, -0.25) is 4.79 Å². The van der Waals surface area contributed by atoms with Crippen LogP contribution in [0.3, 0.4) is 0 Å². The van der Waals surface area contributed by atoms with Gasteiger partial charge in [0.2, 0.25) is 5.91 Å². The first-order chi connectivity index (χ1) is 9.49. The van der Waals surface area contributed by atoms with Crippen LogP contribution < -0.4 is 0 Å². The molecule has 0 aromatic heterocycles. The zero-order valence-corrected chi connectivity index (χ0v) is 12.0. The zero-order chi connectivity index (χ0) is 14.7. The van der Waals surface area contributed by atoms with Crippen molar-refractivity contribution in [2.24, 2.45) is 0 Å². The molecule has 0 radical (unpaired) electrons. The van der Waals surface area contributed by atoms with Crippen LogP contribution in [0.5, 0.6) is 0 Å². The lowest BCUT2D eigenvalue weighted by Gasteiger charge is -2.21. The van der Waals surface area contributed by atoms with Gasteiger partial charge < -0.3 is 15.1 Å². The molecule has 6 heteroatoms. The second-order valence-electron chi connectivity index (χ2n) is 4.84. The third kappa shape index (κ3) is 3.32. The van der Waals surface area contributed by atoms with E-state index >= 15 is 0 Å². The first kappa shape index (κ1) is 14.9. The Hall–Kier alpha value is -1.53. The lowest BCUT2D eigenvalue weighted by atomic mass is 10.2. The number of hydrogen-bond donors (Lipinski definition) is 2. The Balaban J connectivity index is 1.98. The molecule has 1 aromatic carbocycles.